The number of para-hydroxylation sites is 2. The molecule has 154 valence electrons. The van der Waals surface area contributed by atoms with E-state index in [1.807, 2.05) is 0 Å². The van der Waals surface area contributed by atoms with Crippen molar-refractivity contribution in [2.45, 2.75) is 17.7 Å². The SMILES string of the molecule is O=C(O)c1ccc(CCc2ccccc2NS(=O)(=O)c2ccccc2[N+](=O)[O-])cc1. The van der Waals surface area contributed by atoms with Gasteiger partial charge in [-0.1, -0.05) is 42.5 Å². The van der Waals surface area contributed by atoms with Crippen LogP contribution in [0.25, 0.3) is 0 Å². The fourth-order valence-corrected chi connectivity index (χ4v) is 4.24. The molecule has 3 rings (SSSR count). The topological polar surface area (TPSA) is 127 Å². The van der Waals surface area contributed by atoms with Crippen LogP contribution in [0.2, 0.25) is 0 Å². The van der Waals surface area contributed by atoms with Crippen LogP contribution in [0.1, 0.15) is 21.5 Å². The molecule has 0 saturated carbocycles. The summed E-state index contributed by atoms with van der Waals surface area (Å²) in [6.07, 6.45) is 1.05. The van der Waals surface area contributed by atoms with Gasteiger partial charge in [0.25, 0.3) is 15.7 Å². The number of sulfonamides is 1. The highest BCUT2D eigenvalue weighted by Crippen LogP contribution is 2.27. The molecule has 0 aliphatic heterocycles. The van der Waals surface area contributed by atoms with E-state index in [1.165, 1.54) is 30.3 Å². The molecule has 0 fully saturated rings. The largest absolute Gasteiger partial charge is 0.478 e. The van der Waals surface area contributed by atoms with Crippen molar-refractivity contribution in [3.05, 3.63) is 99.6 Å². The van der Waals surface area contributed by atoms with E-state index < -0.39 is 31.5 Å². The van der Waals surface area contributed by atoms with E-state index in [1.54, 1.807) is 36.4 Å². The first-order chi connectivity index (χ1) is 14.3. The molecular weight excluding hydrogens is 408 g/mol. The van der Waals surface area contributed by atoms with Crippen LogP contribution in [-0.4, -0.2) is 24.4 Å². The Morgan fingerprint density at radius 3 is 2.23 bits per heavy atom. The number of hydrogen-bond donors (Lipinski definition) is 2. The van der Waals surface area contributed by atoms with E-state index in [2.05, 4.69) is 4.72 Å². The standard InChI is InChI=1S/C21H18N2O6S/c24-21(25)17-13-10-15(11-14-17)9-12-16-5-1-2-6-18(16)22-30(28,29)20-8-4-3-7-19(20)23(26)27/h1-8,10-11,13-14,22H,9,12H2,(H,24,25). The zero-order chi connectivity index (χ0) is 21.7. The van der Waals surface area contributed by atoms with E-state index in [-0.39, 0.29) is 5.56 Å². The van der Waals surface area contributed by atoms with Gasteiger partial charge in [0, 0.05) is 6.07 Å². The summed E-state index contributed by atoms with van der Waals surface area (Å²) in [5, 5.41) is 20.2. The maximum Gasteiger partial charge on any atom is 0.335 e. The molecule has 0 saturated heterocycles. The highest BCUT2D eigenvalue weighted by molar-refractivity contribution is 7.92. The lowest BCUT2D eigenvalue weighted by Crippen LogP contribution is -2.16. The Bertz CT molecular complexity index is 1190. The molecule has 0 aromatic heterocycles. The monoisotopic (exact) mass is 426 g/mol. The number of anilines is 1. The normalized spacial score (nSPS) is 11.1. The van der Waals surface area contributed by atoms with Gasteiger partial charge in [-0.05, 0) is 48.2 Å². The molecule has 0 spiro atoms. The minimum atomic E-state index is -4.17. The van der Waals surface area contributed by atoms with Gasteiger partial charge in [0.1, 0.15) is 0 Å². The molecule has 8 nitrogen and oxygen atoms in total. The van der Waals surface area contributed by atoms with Crippen LogP contribution in [0.3, 0.4) is 0 Å². The van der Waals surface area contributed by atoms with Crippen LogP contribution in [0.4, 0.5) is 11.4 Å². The summed E-state index contributed by atoms with van der Waals surface area (Å²) in [5.74, 6) is -1.00. The van der Waals surface area contributed by atoms with Crippen LogP contribution in [0, 0.1) is 10.1 Å². The first kappa shape index (κ1) is 21.0. The zero-order valence-electron chi connectivity index (χ0n) is 15.7. The minimum Gasteiger partial charge on any atom is -0.478 e. The summed E-state index contributed by atoms with van der Waals surface area (Å²) in [5.41, 5.74) is 1.63. The molecule has 0 amide bonds. The number of carboxylic acid groups (broad SMARTS) is 1. The van der Waals surface area contributed by atoms with Crippen molar-refractivity contribution in [1.82, 2.24) is 0 Å². The minimum absolute atomic E-state index is 0.191. The smallest absolute Gasteiger partial charge is 0.335 e. The third-order valence-corrected chi connectivity index (χ3v) is 5.91. The lowest BCUT2D eigenvalue weighted by atomic mass is 10.0. The number of nitro groups is 1. The first-order valence-corrected chi connectivity index (χ1v) is 10.4. The quantitative estimate of drug-likeness (QED) is 0.416. The summed E-state index contributed by atoms with van der Waals surface area (Å²) in [6.45, 7) is 0. The molecule has 30 heavy (non-hydrogen) atoms. The summed E-state index contributed by atoms with van der Waals surface area (Å²) in [7, 11) is -4.17. The highest BCUT2D eigenvalue weighted by Gasteiger charge is 2.25. The number of nitrogens with zero attached hydrogens (tertiary/aromatic N) is 1. The Kier molecular flexibility index (Phi) is 6.12. The van der Waals surface area contributed by atoms with Gasteiger partial charge < -0.3 is 5.11 Å². The van der Waals surface area contributed by atoms with E-state index in [0.29, 0.717) is 24.1 Å². The van der Waals surface area contributed by atoms with Crippen LogP contribution in [0.15, 0.2) is 77.7 Å². The lowest BCUT2D eigenvalue weighted by molar-refractivity contribution is -0.387. The van der Waals surface area contributed by atoms with Crippen LogP contribution in [0.5, 0.6) is 0 Å². The summed E-state index contributed by atoms with van der Waals surface area (Å²) in [4.78, 5) is 21.0. The average Bonchev–Trinajstić information content (AvgIpc) is 2.73. The predicted molar refractivity (Wildman–Crippen MR) is 111 cm³/mol. The molecule has 0 bridgehead atoms. The number of hydrogen-bond acceptors (Lipinski definition) is 5. The van der Waals surface area contributed by atoms with Crippen molar-refractivity contribution < 1.29 is 23.2 Å². The maximum atomic E-state index is 12.8. The number of aryl methyl sites for hydroxylation is 2. The van der Waals surface area contributed by atoms with Gasteiger partial charge in [-0.15, -0.1) is 0 Å². The summed E-state index contributed by atoms with van der Waals surface area (Å²) >= 11 is 0. The van der Waals surface area contributed by atoms with E-state index in [9.17, 15) is 23.3 Å². The first-order valence-electron chi connectivity index (χ1n) is 8.94. The Balaban J connectivity index is 1.82. The highest BCUT2D eigenvalue weighted by atomic mass is 32.2. The predicted octanol–water partition coefficient (Wildman–Crippen LogP) is 3.88. The van der Waals surface area contributed by atoms with E-state index in [4.69, 9.17) is 5.11 Å². The molecule has 0 atom stereocenters. The number of carboxylic acids is 1. The average molecular weight is 426 g/mol. The van der Waals surface area contributed by atoms with E-state index >= 15 is 0 Å². The van der Waals surface area contributed by atoms with Crippen molar-refractivity contribution in [1.29, 1.82) is 0 Å². The van der Waals surface area contributed by atoms with Crippen LogP contribution in [-0.2, 0) is 22.9 Å². The van der Waals surface area contributed by atoms with Crippen molar-refractivity contribution in [2.75, 3.05) is 4.72 Å². The van der Waals surface area contributed by atoms with Gasteiger partial charge in [0.15, 0.2) is 4.90 Å². The Hall–Kier alpha value is -3.72. The molecule has 0 aliphatic rings. The summed E-state index contributed by atoms with van der Waals surface area (Å²) < 4.78 is 28.0. The maximum absolute atomic E-state index is 12.8. The number of aromatic carboxylic acids is 1. The Morgan fingerprint density at radius 2 is 1.57 bits per heavy atom. The number of carbonyl (C=O) groups is 1. The molecular formula is C21H18N2O6S. The van der Waals surface area contributed by atoms with Crippen LogP contribution >= 0.6 is 0 Å². The fraction of sp³-hybridized carbons (Fsp3) is 0.0952. The van der Waals surface area contributed by atoms with Gasteiger partial charge in [0.05, 0.1) is 16.2 Å². The van der Waals surface area contributed by atoms with Gasteiger partial charge >= 0.3 is 5.97 Å². The summed E-state index contributed by atoms with van der Waals surface area (Å²) in [6, 6.07) is 18.4. The van der Waals surface area contributed by atoms with Gasteiger partial charge in [-0.25, -0.2) is 13.2 Å². The Labute approximate surface area is 173 Å². The molecule has 3 aromatic carbocycles. The second-order valence-corrected chi connectivity index (χ2v) is 8.14. The number of benzene rings is 3. The second kappa shape index (κ2) is 8.75. The number of rotatable bonds is 8. The molecule has 0 heterocycles. The second-order valence-electron chi connectivity index (χ2n) is 6.49. The third-order valence-electron chi connectivity index (χ3n) is 4.50. The zero-order valence-corrected chi connectivity index (χ0v) is 16.5. The van der Waals surface area contributed by atoms with Crippen molar-refractivity contribution in [3.63, 3.8) is 0 Å². The molecule has 0 aliphatic carbocycles. The van der Waals surface area contributed by atoms with E-state index in [0.717, 1.165) is 11.6 Å². The third kappa shape index (κ3) is 4.81. The molecule has 0 radical (unpaired) electrons. The number of nitro benzene ring substituents is 1. The van der Waals surface area contributed by atoms with Gasteiger partial charge in [-0.3, -0.25) is 14.8 Å². The van der Waals surface area contributed by atoms with Gasteiger partial charge in [0.2, 0.25) is 0 Å². The Morgan fingerprint density at radius 1 is 0.933 bits per heavy atom. The lowest BCUT2D eigenvalue weighted by Gasteiger charge is -2.13. The number of nitrogens with one attached hydrogen (secondary N) is 1. The van der Waals surface area contributed by atoms with Crippen molar-refractivity contribution >= 4 is 27.4 Å². The van der Waals surface area contributed by atoms with Crippen LogP contribution < -0.4 is 4.72 Å². The van der Waals surface area contributed by atoms with Gasteiger partial charge in [-0.2, -0.15) is 0 Å². The molecule has 9 heteroatoms. The molecule has 3 aromatic rings. The molecule has 2 N–H and O–H groups in total. The van der Waals surface area contributed by atoms with Crippen molar-refractivity contribution in [3.8, 4) is 0 Å². The fourth-order valence-electron chi connectivity index (χ4n) is 2.97. The van der Waals surface area contributed by atoms with Crippen molar-refractivity contribution in [2.24, 2.45) is 0 Å². The molecule has 0 unspecified atom stereocenters.